The summed E-state index contributed by atoms with van der Waals surface area (Å²) in [7, 11) is 0. The van der Waals surface area contributed by atoms with E-state index in [1.807, 2.05) is 6.20 Å². The van der Waals surface area contributed by atoms with Crippen LogP contribution in [-0.2, 0) is 11.8 Å². The minimum absolute atomic E-state index is 0.158. The van der Waals surface area contributed by atoms with Crippen molar-refractivity contribution in [3.63, 3.8) is 0 Å². The number of oxazole rings is 1. The van der Waals surface area contributed by atoms with Gasteiger partial charge < -0.3 is 9.73 Å². The third kappa shape index (κ3) is 4.07. The van der Waals surface area contributed by atoms with Gasteiger partial charge in [-0.25, -0.2) is 4.98 Å². The molecule has 1 saturated carbocycles. The Morgan fingerprint density at radius 1 is 1.26 bits per heavy atom. The molecule has 1 aliphatic rings. The lowest BCUT2D eigenvalue weighted by molar-refractivity contribution is 0.260. The van der Waals surface area contributed by atoms with Gasteiger partial charge in [0.1, 0.15) is 5.76 Å². The summed E-state index contributed by atoms with van der Waals surface area (Å²) in [6.07, 6.45) is 9.30. The van der Waals surface area contributed by atoms with E-state index < -0.39 is 0 Å². The largest absolute Gasteiger partial charge is 0.445 e. The lowest BCUT2D eigenvalue weighted by Gasteiger charge is -2.30. The second-order valence-corrected chi connectivity index (χ2v) is 7.17. The summed E-state index contributed by atoms with van der Waals surface area (Å²) >= 11 is 0. The molecule has 3 heteroatoms. The van der Waals surface area contributed by atoms with Crippen molar-refractivity contribution in [3.05, 3.63) is 17.8 Å². The summed E-state index contributed by atoms with van der Waals surface area (Å²) in [6.45, 7) is 9.77. The van der Waals surface area contributed by atoms with Crippen molar-refractivity contribution in [3.8, 4) is 0 Å². The first kappa shape index (κ1) is 14.6. The van der Waals surface area contributed by atoms with Crippen LogP contribution in [0.2, 0.25) is 0 Å². The van der Waals surface area contributed by atoms with E-state index in [9.17, 15) is 0 Å². The lowest BCUT2D eigenvalue weighted by atomic mass is 9.74. The highest BCUT2D eigenvalue weighted by Gasteiger charge is 2.32. The Kier molecular flexibility index (Phi) is 4.34. The van der Waals surface area contributed by atoms with Gasteiger partial charge in [-0.2, -0.15) is 0 Å². The summed E-state index contributed by atoms with van der Waals surface area (Å²) in [4.78, 5) is 4.45. The molecule has 0 atom stereocenters. The first-order chi connectivity index (χ1) is 8.89. The SMILES string of the molecule is CC(C)(C)NCCc1ncc(C2(C)CCCCC2)o1. The van der Waals surface area contributed by atoms with Gasteiger partial charge in [-0.05, 0) is 33.6 Å². The van der Waals surface area contributed by atoms with E-state index in [2.05, 4.69) is 38.0 Å². The Bertz CT molecular complexity index is 397. The van der Waals surface area contributed by atoms with E-state index in [1.165, 1.54) is 32.1 Å². The molecule has 1 aromatic rings. The third-order valence-corrected chi connectivity index (χ3v) is 4.10. The molecule has 0 aliphatic heterocycles. The predicted octanol–water partition coefficient (Wildman–Crippen LogP) is 3.83. The molecule has 0 spiro atoms. The number of rotatable bonds is 4. The van der Waals surface area contributed by atoms with Gasteiger partial charge in [0.05, 0.1) is 6.20 Å². The summed E-state index contributed by atoms with van der Waals surface area (Å²) in [5, 5.41) is 3.47. The standard InChI is InChI=1S/C16H28N2O/c1-15(2,3)18-11-8-14-17-12-13(19-14)16(4)9-6-5-7-10-16/h12,18H,5-11H2,1-4H3. The molecule has 3 nitrogen and oxygen atoms in total. The molecule has 0 radical (unpaired) electrons. The second-order valence-electron chi connectivity index (χ2n) is 7.17. The summed E-state index contributed by atoms with van der Waals surface area (Å²) in [5.41, 5.74) is 0.381. The number of nitrogens with one attached hydrogen (secondary N) is 1. The maximum atomic E-state index is 5.99. The monoisotopic (exact) mass is 264 g/mol. The molecule has 1 aromatic heterocycles. The molecule has 19 heavy (non-hydrogen) atoms. The zero-order valence-electron chi connectivity index (χ0n) is 12.9. The molecular weight excluding hydrogens is 236 g/mol. The van der Waals surface area contributed by atoms with E-state index in [4.69, 9.17) is 4.42 Å². The maximum Gasteiger partial charge on any atom is 0.195 e. The molecule has 0 bridgehead atoms. The molecule has 0 unspecified atom stereocenters. The fraction of sp³-hybridized carbons (Fsp3) is 0.812. The average Bonchev–Trinajstić information content (AvgIpc) is 2.78. The molecular formula is C16H28N2O. The fourth-order valence-electron chi connectivity index (χ4n) is 2.83. The molecule has 0 saturated heterocycles. The van der Waals surface area contributed by atoms with Gasteiger partial charge in [0, 0.05) is 23.9 Å². The van der Waals surface area contributed by atoms with E-state index in [0.29, 0.717) is 0 Å². The first-order valence-electron chi connectivity index (χ1n) is 7.59. The highest BCUT2D eigenvalue weighted by molar-refractivity contribution is 5.11. The maximum absolute atomic E-state index is 5.99. The molecule has 1 fully saturated rings. The van der Waals surface area contributed by atoms with Crippen LogP contribution in [0.1, 0.15) is 71.5 Å². The van der Waals surface area contributed by atoms with Crippen LogP contribution >= 0.6 is 0 Å². The van der Waals surface area contributed by atoms with E-state index in [1.54, 1.807) is 0 Å². The summed E-state index contributed by atoms with van der Waals surface area (Å²) in [6, 6.07) is 0. The molecule has 0 amide bonds. The fourth-order valence-corrected chi connectivity index (χ4v) is 2.83. The summed E-state index contributed by atoms with van der Waals surface area (Å²) in [5.74, 6) is 1.97. The molecule has 1 heterocycles. The van der Waals surface area contributed by atoms with Crippen LogP contribution in [0.3, 0.4) is 0 Å². The van der Waals surface area contributed by atoms with Crippen molar-refractivity contribution >= 4 is 0 Å². The normalized spacial score (nSPS) is 19.6. The van der Waals surface area contributed by atoms with Gasteiger partial charge in [-0.1, -0.05) is 26.2 Å². The molecule has 0 aromatic carbocycles. The molecule has 1 N–H and O–H groups in total. The van der Waals surface area contributed by atoms with Gasteiger partial charge in [-0.3, -0.25) is 0 Å². The number of aromatic nitrogens is 1. The van der Waals surface area contributed by atoms with Crippen molar-refractivity contribution < 1.29 is 4.42 Å². The number of nitrogens with zero attached hydrogens (tertiary/aromatic N) is 1. The van der Waals surface area contributed by atoms with Gasteiger partial charge in [0.2, 0.25) is 0 Å². The topological polar surface area (TPSA) is 38.1 Å². The predicted molar refractivity (Wildman–Crippen MR) is 78.4 cm³/mol. The highest BCUT2D eigenvalue weighted by Crippen LogP contribution is 2.39. The number of hydrogen-bond donors (Lipinski definition) is 1. The Morgan fingerprint density at radius 2 is 1.95 bits per heavy atom. The Balaban J connectivity index is 1.91. The van der Waals surface area contributed by atoms with Gasteiger partial charge in [0.25, 0.3) is 0 Å². The minimum Gasteiger partial charge on any atom is -0.445 e. The Hall–Kier alpha value is -0.830. The van der Waals surface area contributed by atoms with E-state index in [-0.39, 0.29) is 11.0 Å². The van der Waals surface area contributed by atoms with Crippen molar-refractivity contribution in [1.29, 1.82) is 0 Å². The van der Waals surface area contributed by atoms with Crippen LogP contribution in [0.5, 0.6) is 0 Å². The lowest BCUT2D eigenvalue weighted by Crippen LogP contribution is -2.37. The quantitative estimate of drug-likeness (QED) is 0.898. The smallest absolute Gasteiger partial charge is 0.195 e. The van der Waals surface area contributed by atoms with E-state index >= 15 is 0 Å². The molecule has 2 rings (SSSR count). The average molecular weight is 264 g/mol. The van der Waals surface area contributed by atoms with Gasteiger partial charge in [0.15, 0.2) is 5.89 Å². The van der Waals surface area contributed by atoms with Gasteiger partial charge >= 0.3 is 0 Å². The number of hydrogen-bond acceptors (Lipinski definition) is 3. The van der Waals surface area contributed by atoms with Crippen LogP contribution in [0, 0.1) is 0 Å². The first-order valence-corrected chi connectivity index (χ1v) is 7.59. The zero-order valence-corrected chi connectivity index (χ0v) is 12.9. The molecule has 108 valence electrons. The van der Waals surface area contributed by atoms with Crippen LogP contribution in [0.15, 0.2) is 10.6 Å². The Morgan fingerprint density at radius 3 is 2.58 bits per heavy atom. The minimum atomic E-state index is 0.158. The van der Waals surface area contributed by atoms with Crippen molar-refractivity contribution in [2.45, 2.75) is 77.2 Å². The van der Waals surface area contributed by atoms with Crippen LogP contribution < -0.4 is 5.32 Å². The molecule has 1 aliphatic carbocycles. The van der Waals surface area contributed by atoms with Crippen LogP contribution in [-0.4, -0.2) is 17.1 Å². The van der Waals surface area contributed by atoms with Crippen LogP contribution in [0.4, 0.5) is 0 Å². The third-order valence-electron chi connectivity index (χ3n) is 4.10. The van der Waals surface area contributed by atoms with Crippen molar-refractivity contribution in [2.24, 2.45) is 0 Å². The van der Waals surface area contributed by atoms with Gasteiger partial charge in [-0.15, -0.1) is 0 Å². The Labute approximate surface area is 117 Å². The van der Waals surface area contributed by atoms with Crippen LogP contribution in [0.25, 0.3) is 0 Å². The van der Waals surface area contributed by atoms with Crippen molar-refractivity contribution in [2.75, 3.05) is 6.54 Å². The van der Waals surface area contributed by atoms with E-state index in [0.717, 1.165) is 24.6 Å². The second kappa shape index (κ2) is 5.66. The summed E-state index contributed by atoms with van der Waals surface area (Å²) < 4.78 is 5.99. The zero-order chi connectivity index (χ0) is 13.9. The highest BCUT2D eigenvalue weighted by atomic mass is 16.4. The van der Waals surface area contributed by atoms with Crippen molar-refractivity contribution in [1.82, 2.24) is 10.3 Å².